The number of hydrogen-bond donors (Lipinski definition) is 0. The minimum atomic E-state index is -0.227. The zero-order valence-electron chi connectivity index (χ0n) is 24.8. The Morgan fingerprint density at radius 3 is 2.76 bits per heavy atom. The summed E-state index contributed by atoms with van der Waals surface area (Å²) in [6.07, 6.45) is 8.73. The molecule has 222 valence electrons. The van der Waals surface area contributed by atoms with Gasteiger partial charge >= 0.3 is 6.01 Å². The summed E-state index contributed by atoms with van der Waals surface area (Å²) in [6.45, 7) is 9.50. The second-order valence-corrected chi connectivity index (χ2v) is 11.9. The van der Waals surface area contributed by atoms with Gasteiger partial charge in [0.15, 0.2) is 0 Å². The minimum Gasteiger partial charge on any atom is -0.462 e. The summed E-state index contributed by atoms with van der Waals surface area (Å²) in [4.78, 5) is 38.3. The van der Waals surface area contributed by atoms with Gasteiger partial charge in [0.25, 0.3) is 0 Å². The van der Waals surface area contributed by atoms with Gasteiger partial charge in [-0.25, -0.2) is 0 Å². The normalized spacial score (nSPS) is 22.4. The second kappa shape index (κ2) is 12.1. The molecule has 0 bridgehead atoms. The summed E-state index contributed by atoms with van der Waals surface area (Å²) in [5.41, 5.74) is 5.70. The van der Waals surface area contributed by atoms with Crippen LogP contribution in [0.1, 0.15) is 42.6 Å². The average molecular weight is 572 g/mol. The van der Waals surface area contributed by atoms with Gasteiger partial charge in [0.05, 0.1) is 47.8 Å². The SMILES string of the molecule is C=CC(=O)N1CCN(c2nc(OC[C@@H]3CCCN3C)nc3c2CCN(c2ccnc4c2N(C)CCC4)C3)C[C@@H]1CC#N. The lowest BCUT2D eigenvalue weighted by Crippen LogP contribution is -2.55. The lowest BCUT2D eigenvalue weighted by Gasteiger charge is -2.42. The molecule has 0 saturated carbocycles. The molecule has 2 aromatic heterocycles. The van der Waals surface area contributed by atoms with Gasteiger partial charge in [0.1, 0.15) is 12.4 Å². The maximum atomic E-state index is 12.5. The standard InChI is InChI=1S/C31H41N9O2/c1-4-28(41)40-18-17-39(19-22(40)9-12-32)30-24-11-16-38(27-10-13-33-25-8-6-15-37(3)29(25)27)20-26(24)34-31(35-30)42-21-23-7-5-14-36(23)2/h4,10,13,22-23H,1,5-9,11,14-21H2,2-3H3/t22-,23-/m0/s1. The van der Waals surface area contributed by atoms with Crippen molar-refractivity contribution in [2.45, 2.75) is 57.2 Å². The molecule has 0 N–H and O–H groups in total. The number of anilines is 3. The summed E-state index contributed by atoms with van der Waals surface area (Å²) in [5.74, 6) is 0.738. The van der Waals surface area contributed by atoms with E-state index in [1.54, 1.807) is 4.90 Å². The summed E-state index contributed by atoms with van der Waals surface area (Å²) >= 11 is 0. The molecule has 6 heterocycles. The Morgan fingerprint density at radius 1 is 1.10 bits per heavy atom. The van der Waals surface area contributed by atoms with Crippen LogP contribution in [0.3, 0.4) is 0 Å². The first-order valence-corrected chi connectivity index (χ1v) is 15.2. The summed E-state index contributed by atoms with van der Waals surface area (Å²) < 4.78 is 6.30. The molecular weight excluding hydrogens is 530 g/mol. The minimum absolute atomic E-state index is 0.134. The first kappa shape index (κ1) is 28.2. The van der Waals surface area contributed by atoms with Gasteiger partial charge in [-0.1, -0.05) is 6.58 Å². The number of likely N-dealkylation sites (N-methyl/N-ethyl adjacent to an activating group) is 1. The van der Waals surface area contributed by atoms with Crippen molar-refractivity contribution in [3.63, 3.8) is 0 Å². The third kappa shape index (κ3) is 5.48. The average Bonchev–Trinajstić information content (AvgIpc) is 3.43. The molecule has 6 rings (SSSR count). The quantitative estimate of drug-likeness (QED) is 0.460. The van der Waals surface area contributed by atoms with Gasteiger partial charge in [-0.2, -0.15) is 15.2 Å². The number of likely N-dealkylation sites (tertiary alicyclic amines) is 1. The van der Waals surface area contributed by atoms with Crippen LogP contribution in [0.4, 0.5) is 17.2 Å². The molecule has 4 aliphatic heterocycles. The Hall–Kier alpha value is -3.91. The highest BCUT2D eigenvalue weighted by molar-refractivity contribution is 5.87. The lowest BCUT2D eigenvalue weighted by molar-refractivity contribution is -0.128. The van der Waals surface area contributed by atoms with E-state index in [-0.39, 0.29) is 18.4 Å². The van der Waals surface area contributed by atoms with E-state index in [2.05, 4.69) is 52.4 Å². The molecule has 0 spiro atoms. The molecule has 0 unspecified atom stereocenters. The Morgan fingerprint density at radius 2 is 1.98 bits per heavy atom. The molecule has 2 saturated heterocycles. The number of hydrogen-bond acceptors (Lipinski definition) is 10. The van der Waals surface area contributed by atoms with Gasteiger partial charge in [-0.15, -0.1) is 0 Å². The number of nitriles is 1. The van der Waals surface area contributed by atoms with Crippen LogP contribution in [-0.2, 0) is 24.2 Å². The van der Waals surface area contributed by atoms with E-state index in [1.165, 1.54) is 23.9 Å². The van der Waals surface area contributed by atoms with E-state index in [1.807, 2.05) is 6.20 Å². The molecule has 1 amide bonds. The van der Waals surface area contributed by atoms with Crippen molar-refractivity contribution in [2.75, 3.05) is 74.7 Å². The van der Waals surface area contributed by atoms with E-state index in [9.17, 15) is 10.1 Å². The van der Waals surface area contributed by atoms with Crippen molar-refractivity contribution in [3.8, 4) is 12.1 Å². The topological polar surface area (TPSA) is 105 Å². The number of fused-ring (bicyclic) bond motifs is 2. The van der Waals surface area contributed by atoms with Crippen molar-refractivity contribution in [2.24, 2.45) is 0 Å². The van der Waals surface area contributed by atoms with Gasteiger partial charge in [-0.3, -0.25) is 9.78 Å². The second-order valence-electron chi connectivity index (χ2n) is 11.9. The predicted octanol–water partition coefficient (Wildman–Crippen LogP) is 2.41. The van der Waals surface area contributed by atoms with Crippen LogP contribution in [-0.4, -0.2) is 103 Å². The number of nitrogens with zero attached hydrogens (tertiary/aromatic N) is 9. The fourth-order valence-electron chi connectivity index (χ4n) is 6.95. The van der Waals surface area contributed by atoms with Crippen LogP contribution in [0.15, 0.2) is 24.9 Å². The summed E-state index contributed by atoms with van der Waals surface area (Å²) in [7, 11) is 4.30. The first-order chi connectivity index (χ1) is 20.5. The van der Waals surface area contributed by atoms with Crippen molar-refractivity contribution in [1.29, 1.82) is 5.26 Å². The maximum absolute atomic E-state index is 12.5. The molecule has 11 nitrogen and oxygen atoms in total. The number of amides is 1. The lowest BCUT2D eigenvalue weighted by atomic mass is 10.0. The Balaban J connectivity index is 1.32. The van der Waals surface area contributed by atoms with Crippen molar-refractivity contribution in [3.05, 3.63) is 41.9 Å². The van der Waals surface area contributed by atoms with Crippen LogP contribution in [0.5, 0.6) is 6.01 Å². The zero-order valence-corrected chi connectivity index (χ0v) is 24.8. The Bertz CT molecular complexity index is 1370. The van der Waals surface area contributed by atoms with E-state index < -0.39 is 0 Å². The maximum Gasteiger partial charge on any atom is 0.318 e. The highest BCUT2D eigenvalue weighted by Crippen LogP contribution is 2.38. The highest BCUT2D eigenvalue weighted by Gasteiger charge is 2.34. The van der Waals surface area contributed by atoms with Crippen molar-refractivity contribution >= 4 is 23.1 Å². The number of pyridine rings is 1. The molecule has 0 aliphatic carbocycles. The van der Waals surface area contributed by atoms with Gasteiger partial charge < -0.3 is 29.2 Å². The highest BCUT2D eigenvalue weighted by atomic mass is 16.5. The van der Waals surface area contributed by atoms with Gasteiger partial charge in [0, 0.05) is 57.6 Å². The van der Waals surface area contributed by atoms with E-state index in [4.69, 9.17) is 19.7 Å². The zero-order chi connectivity index (χ0) is 29.2. The number of piperazine rings is 1. The Labute approximate surface area is 248 Å². The van der Waals surface area contributed by atoms with Crippen LogP contribution in [0.2, 0.25) is 0 Å². The Kier molecular flexibility index (Phi) is 8.16. The fourth-order valence-corrected chi connectivity index (χ4v) is 6.95. The van der Waals surface area contributed by atoms with Crippen LogP contribution in [0.25, 0.3) is 0 Å². The molecule has 2 atom stereocenters. The number of aromatic nitrogens is 3. The monoisotopic (exact) mass is 571 g/mol. The summed E-state index contributed by atoms with van der Waals surface area (Å²) in [6, 6.07) is 4.93. The van der Waals surface area contributed by atoms with Crippen molar-refractivity contribution in [1.82, 2.24) is 24.8 Å². The van der Waals surface area contributed by atoms with Gasteiger partial charge in [0.2, 0.25) is 5.91 Å². The molecule has 4 aliphatic rings. The fraction of sp³-hybridized carbons (Fsp3) is 0.581. The van der Waals surface area contributed by atoms with Gasteiger partial charge in [-0.05, 0) is 57.8 Å². The smallest absolute Gasteiger partial charge is 0.318 e. The third-order valence-corrected chi connectivity index (χ3v) is 9.27. The largest absolute Gasteiger partial charge is 0.462 e. The van der Waals surface area contributed by atoms with Crippen LogP contribution < -0.4 is 19.4 Å². The molecule has 2 fully saturated rings. The predicted molar refractivity (Wildman–Crippen MR) is 162 cm³/mol. The van der Waals surface area contributed by atoms with E-state index >= 15 is 0 Å². The van der Waals surface area contributed by atoms with E-state index in [0.717, 1.165) is 68.1 Å². The first-order valence-electron chi connectivity index (χ1n) is 15.2. The number of ether oxygens (including phenoxy) is 1. The van der Waals surface area contributed by atoms with Crippen LogP contribution >= 0.6 is 0 Å². The molecule has 2 aromatic rings. The molecule has 42 heavy (non-hydrogen) atoms. The van der Waals surface area contributed by atoms with E-state index in [0.29, 0.717) is 44.8 Å². The van der Waals surface area contributed by atoms with Crippen LogP contribution in [0, 0.1) is 11.3 Å². The number of carbonyl (C=O) groups excluding carboxylic acids is 1. The molecular formula is C31H41N9O2. The number of rotatable bonds is 7. The molecule has 11 heteroatoms. The molecule has 0 aromatic carbocycles. The third-order valence-electron chi connectivity index (χ3n) is 9.27. The molecule has 0 radical (unpaired) electrons. The van der Waals surface area contributed by atoms with Crippen molar-refractivity contribution < 1.29 is 9.53 Å². The summed E-state index contributed by atoms with van der Waals surface area (Å²) in [5, 5.41) is 9.52. The number of aryl methyl sites for hydroxylation is 1. The number of carbonyl (C=O) groups is 1.